The number of hydrogen-bond acceptors (Lipinski definition) is 3. The summed E-state index contributed by atoms with van der Waals surface area (Å²) in [4.78, 5) is 25.6. The van der Waals surface area contributed by atoms with Crippen molar-refractivity contribution in [1.29, 1.82) is 0 Å². The molecule has 0 heterocycles. The van der Waals surface area contributed by atoms with Crippen LogP contribution in [0.4, 0.5) is 15.3 Å². The average Bonchev–Trinajstić information content (AvgIpc) is 2.47. The van der Waals surface area contributed by atoms with E-state index >= 15 is 0 Å². The Bertz CT molecular complexity index is 433. The lowest BCUT2D eigenvalue weighted by atomic mass is 10.3. The second-order valence-corrected chi connectivity index (χ2v) is 3.96. The van der Waals surface area contributed by atoms with Gasteiger partial charge in [0.1, 0.15) is 0 Å². The van der Waals surface area contributed by atoms with Gasteiger partial charge in [-0.3, -0.25) is 0 Å². The first-order valence-electron chi connectivity index (χ1n) is 6.71. The highest BCUT2D eigenvalue weighted by Crippen LogP contribution is 2.13. The zero-order chi connectivity index (χ0) is 15.0. The number of hydrazine groups is 1. The molecule has 1 N–H and O–H groups in total. The third kappa shape index (κ3) is 4.15. The van der Waals surface area contributed by atoms with Gasteiger partial charge >= 0.3 is 12.1 Å². The van der Waals surface area contributed by atoms with Crippen LogP contribution < -0.4 is 10.4 Å². The number of carbonyl (C=O) groups excluding carboxylic acids is 2. The summed E-state index contributed by atoms with van der Waals surface area (Å²) in [5.74, 6) is 0. The van der Waals surface area contributed by atoms with Crippen LogP contribution in [0.15, 0.2) is 30.3 Å². The summed E-state index contributed by atoms with van der Waals surface area (Å²) in [7, 11) is 0. The fourth-order valence-electron chi connectivity index (χ4n) is 1.69. The second kappa shape index (κ2) is 8.04. The van der Waals surface area contributed by atoms with Gasteiger partial charge < -0.3 is 9.64 Å². The van der Waals surface area contributed by atoms with Crippen molar-refractivity contribution in [3.63, 3.8) is 0 Å². The van der Waals surface area contributed by atoms with Crippen LogP contribution >= 0.6 is 0 Å². The third-order valence-corrected chi connectivity index (χ3v) is 2.72. The fourth-order valence-corrected chi connectivity index (χ4v) is 1.69. The molecule has 6 heteroatoms. The highest BCUT2D eigenvalue weighted by molar-refractivity contribution is 5.94. The molecule has 0 aliphatic heterocycles. The summed E-state index contributed by atoms with van der Waals surface area (Å²) in [5.41, 5.74) is 3.05. The Labute approximate surface area is 119 Å². The second-order valence-electron chi connectivity index (χ2n) is 3.96. The van der Waals surface area contributed by atoms with Crippen molar-refractivity contribution in [2.75, 3.05) is 24.7 Å². The normalized spacial score (nSPS) is 9.75. The smallest absolute Gasteiger partial charge is 0.426 e. The molecule has 1 aromatic carbocycles. The van der Waals surface area contributed by atoms with Gasteiger partial charge in [-0.25, -0.2) is 20.0 Å². The molecule has 0 saturated heterocycles. The molecular formula is C14H21N3O3. The van der Waals surface area contributed by atoms with Crippen LogP contribution in [-0.4, -0.2) is 36.7 Å². The Morgan fingerprint density at radius 1 is 1.10 bits per heavy atom. The number of nitrogens with one attached hydrogen (secondary N) is 1. The van der Waals surface area contributed by atoms with E-state index in [0.717, 1.165) is 0 Å². The molecule has 0 unspecified atom stereocenters. The maximum atomic E-state index is 12.4. The highest BCUT2D eigenvalue weighted by Gasteiger charge is 2.22. The predicted molar refractivity (Wildman–Crippen MR) is 77.4 cm³/mol. The van der Waals surface area contributed by atoms with Gasteiger partial charge in [-0.15, -0.1) is 0 Å². The lowest BCUT2D eigenvalue weighted by Gasteiger charge is -2.28. The summed E-state index contributed by atoms with van der Waals surface area (Å²) in [6.07, 6.45) is -0.656. The molecule has 0 radical (unpaired) electrons. The van der Waals surface area contributed by atoms with Crippen molar-refractivity contribution in [1.82, 2.24) is 10.3 Å². The Morgan fingerprint density at radius 3 is 2.20 bits per heavy atom. The predicted octanol–water partition coefficient (Wildman–Crippen LogP) is 2.62. The molecule has 0 spiro atoms. The van der Waals surface area contributed by atoms with Crippen LogP contribution in [0.5, 0.6) is 0 Å². The van der Waals surface area contributed by atoms with Crippen molar-refractivity contribution in [3.8, 4) is 0 Å². The molecule has 6 nitrogen and oxygen atoms in total. The zero-order valence-electron chi connectivity index (χ0n) is 12.1. The van der Waals surface area contributed by atoms with E-state index in [4.69, 9.17) is 4.74 Å². The molecule has 20 heavy (non-hydrogen) atoms. The number of ether oxygens (including phenoxy) is 1. The number of benzene rings is 1. The van der Waals surface area contributed by atoms with Gasteiger partial charge in [0.15, 0.2) is 0 Å². The monoisotopic (exact) mass is 279 g/mol. The number of amides is 3. The van der Waals surface area contributed by atoms with E-state index in [1.807, 2.05) is 19.9 Å². The van der Waals surface area contributed by atoms with E-state index in [9.17, 15) is 9.59 Å². The maximum absolute atomic E-state index is 12.4. The van der Waals surface area contributed by atoms with E-state index in [1.165, 1.54) is 5.01 Å². The summed E-state index contributed by atoms with van der Waals surface area (Å²) >= 11 is 0. The lowest BCUT2D eigenvalue weighted by molar-refractivity contribution is 0.149. The van der Waals surface area contributed by atoms with Crippen molar-refractivity contribution in [2.45, 2.75) is 20.8 Å². The van der Waals surface area contributed by atoms with Crippen molar-refractivity contribution >= 4 is 17.8 Å². The molecule has 0 aromatic heterocycles. The molecule has 0 aliphatic rings. The SMILES string of the molecule is CCOC(=O)NN(C(=O)N(CC)CC)c1ccccc1. The number of urea groups is 1. The van der Waals surface area contributed by atoms with Crippen LogP contribution in [0.1, 0.15) is 20.8 Å². The molecule has 110 valence electrons. The maximum Gasteiger partial charge on any atom is 0.426 e. The molecule has 0 fully saturated rings. The van der Waals surface area contributed by atoms with Crippen LogP contribution in [-0.2, 0) is 4.74 Å². The van der Waals surface area contributed by atoms with Gasteiger partial charge in [0.25, 0.3) is 0 Å². The van der Waals surface area contributed by atoms with Crippen LogP contribution in [0.3, 0.4) is 0 Å². The summed E-state index contributed by atoms with van der Waals surface area (Å²) in [6, 6.07) is 8.62. The molecule has 3 amide bonds. The van der Waals surface area contributed by atoms with E-state index in [-0.39, 0.29) is 12.6 Å². The first kappa shape index (κ1) is 15.8. The largest absolute Gasteiger partial charge is 0.449 e. The molecule has 1 aromatic rings. The topological polar surface area (TPSA) is 61.9 Å². The van der Waals surface area contributed by atoms with Crippen LogP contribution in [0.2, 0.25) is 0 Å². The minimum Gasteiger partial charge on any atom is -0.449 e. The third-order valence-electron chi connectivity index (χ3n) is 2.72. The van der Waals surface area contributed by atoms with Gasteiger partial charge in [0.05, 0.1) is 12.3 Å². The number of rotatable bonds is 4. The van der Waals surface area contributed by atoms with Gasteiger partial charge in [0, 0.05) is 13.1 Å². The number of para-hydroxylation sites is 1. The van der Waals surface area contributed by atoms with E-state index in [1.54, 1.807) is 36.1 Å². The quantitative estimate of drug-likeness (QED) is 0.862. The Morgan fingerprint density at radius 2 is 1.70 bits per heavy atom. The molecule has 1 rings (SSSR count). The Hall–Kier alpha value is -2.24. The average molecular weight is 279 g/mol. The van der Waals surface area contributed by atoms with Crippen LogP contribution in [0.25, 0.3) is 0 Å². The lowest BCUT2D eigenvalue weighted by Crippen LogP contribution is -2.52. The molecule has 0 aliphatic carbocycles. The molecule has 0 atom stereocenters. The zero-order valence-corrected chi connectivity index (χ0v) is 12.1. The van der Waals surface area contributed by atoms with Crippen molar-refractivity contribution < 1.29 is 14.3 Å². The van der Waals surface area contributed by atoms with E-state index < -0.39 is 6.09 Å². The summed E-state index contributed by atoms with van der Waals surface area (Å²) in [6.45, 7) is 6.84. The summed E-state index contributed by atoms with van der Waals surface area (Å²) < 4.78 is 4.83. The van der Waals surface area contributed by atoms with Gasteiger partial charge in [-0.05, 0) is 32.9 Å². The first-order chi connectivity index (χ1) is 9.63. The van der Waals surface area contributed by atoms with E-state index in [0.29, 0.717) is 18.8 Å². The van der Waals surface area contributed by atoms with Gasteiger partial charge in [-0.1, -0.05) is 18.2 Å². The number of nitrogens with zero attached hydrogens (tertiary/aromatic N) is 2. The minimum atomic E-state index is -0.656. The first-order valence-corrected chi connectivity index (χ1v) is 6.71. The fraction of sp³-hybridized carbons (Fsp3) is 0.429. The standard InChI is InChI=1S/C14H21N3O3/c1-4-16(5-2)14(19)17(15-13(18)20-6-3)12-10-8-7-9-11-12/h7-11H,4-6H2,1-3H3,(H,15,18). The number of carbonyl (C=O) groups is 2. The minimum absolute atomic E-state index is 0.244. The molecule has 0 saturated carbocycles. The molecule has 0 bridgehead atoms. The Balaban J connectivity index is 2.95. The highest BCUT2D eigenvalue weighted by atomic mass is 16.6. The van der Waals surface area contributed by atoms with Crippen molar-refractivity contribution in [3.05, 3.63) is 30.3 Å². The summed E-state index contributed by atoms with van der Waals surface area (Å²) in [5, 5.41) is 1.20. The number of hydrogen-bond donors (Lipinski definition) is 1. The van der Waals surface area contributed by atoms with Crippen LogP contribution in [0, 0.1) is 0 Å². The van der Waals surface area contributed by atoms with Gasteiger partial charge in [-0.2, -0.15) is 0 Å². The number of anilines is 1. The Kier molecular flexibility index (Phi) is 6.36. The molecular weight excluding hydrogens is 258 g/mol. The van der Waals surface area contributed by atoms with E-state index in [2.05, 4.69) is 5.43 Å². The van der Waals surface area contributed by atoms with Gasteiger partial charge in [0.2, 0.25) is 0 Å². The van der Waals surface area contributed by atoms with Crippen molar-refractivity contribution in [2.24, 2.45) is 0 Å².